The molecule has 1 N–H and O–H groups in total. The molecule has 0 amide bonds. The van der Waals surface area contributed by atoms with Crippen LogP contribution in [-0.2, 0) is 9.53 Å². The number of nitrogens with zero attached hydrogens (tertiary/aromatic N) is 2. The molecule has 1 atom stereocenters. The smallest absolute Gasteiger partial charge is 0.338 e. The number of aromatic nitrogens is 1. The van der Waals surface area contributed by atoms with Crippen LogP contribution in [0, 0.1) is 0 Å². The molecule has 1 aliphatic rings. The fourth-order valence-corrected chi connectivity index (χ4v) is 4.77. The predicted molar refractivity (Wildman–Crippen MR) is 129 cm³/mol. The first kappa shape index (κ1) is 22.8. The first-order chi connectivity index (χ1) is 15.9. The van der Waals surface area contributed by atoms with E-state index in [0.29, 0.717) is 37.1 Å². The molecule has 0 unspecified atom stereocenters. The Hall–Kier alpha value is -3.36. The van der Waals surface area contributed by atoms with E-state index in [1.807, 2.05) is 30.3 Å². The van der Waals surface area contributed by atoms with Crippen LogP contribution in [-0.4, -0.2) is 24.3 Å². The van der Waals surface area contributed by atoms with Crippen molar-refractivity contribution >= 4 is 40.8 Å². The summed E-state index contributed by atoms with van der Waals surface area (Å²) in [6.45, 7) is 3.71. The molecule has 0 saturated carbocycles. The van der Waals surface area contributed by atoms with E-state index in [4.69, 9.17) is 21.1 Å². The van der Waals surface area contributed by atoms with Crippen LogP contribution in [0.1, 0.15) is 25.5 Å². The number of hydrogen-bond acceptors (Lipinski definition) is 7. The van der Waals surface area contributed by atoms with Crippen LogP contribution in [0.25, 0.3) is 6.20 Å². The lowest BCUT2D eigenvalue weighted by molar-refractivity contribution is -0.139. The molecular formula is C24H22ClN3O4S. The van der Waals surface area contributed by atoms with Crippen molar-refractivity contribution in [3.8, 4) is 5.75 Å². The van der Waals surface area contributed by atoms with Gasteiger partial charge < -0.3 is 14.8 Å². The normalized spacial score (nSPS) is 15.6. The molecule has 0 saturated heterocycles. The zero-order chi connectivity index (χ0) is 23.5. The van der Waals surface area contributed by atoms with E-state index in [-0.39, 0.29) is 12.2 Å². The van der Waals surface area contributed by atoms with Crippen LogP contribution in [0.3, 0.4) is 0 Å². The molecule has 9 heteroatoms. The van der Waals surface area contributed by atoms with Crippen LogP contribution in [0.5, 0.6) is 5.75 Å². The van der Waals surface area contributed by atoms with E-state index >= 15 is 0 Å². The van der Waals surface area contributed by atoms with E-state index in [9.17, 15) is 9.59 Å². The average molecular weight is 484 g/mol. The number of hydrogen-bond donors (Lipinski definition) is 1. The maximum atomic E-state index is 13.5. The summed E-state index contributed by atoms with van der Waals surface area (Å²) >= 11 is 7.45. The largest absolute Gasteiger partial charge is 0.497 e. The maximum absolute atomic E-state index is 13.5. The quantitative estimate of drug-likeness (QED) is 0.543. The zero-order valence-electron chi connectivity index (χ0n) is 18.3. The SMILES string of the molecule is CCOC(=O)C1=C(C)N=c2s/c(=C\Nc3ccccc3Cl)c(=O)n2[C@@H]1c1ccc(OC)cc1. The van der Waals surface area contributed by atoms with Crippen LogP contribution < -0.4 is 24.9 Å². The molecule has 1 aliphatic heterocycles. The van der Waals surface area contributed by atoms with Crippen molar-refractivity contribution in [2.75, 3.05) is 19.0 Å². The van der Waals surface area contributed by atoms with Crippen molar-refractivity contribution in [1.82, 2.24) is 4.57 Å². The van der Waals surface area contributed by atoms with Gasteiger partial charge in [0.15, 0.2) is 4.80 Å². The van der Waals surface area contributed by atoms with E-state index in [1.165, 1.54) is 15.9 Å². The Bertz CT molecular complexity index is 1410. The Morgan fingerprint density at radius 2 is 1.97 bits per heavy atom. The van der Waals surface area contributed by atoms with Crippen molar-refractivity contribution < 1.29 is 14.3 Å². The summed E-state index contributed by atoms with van der Waals surface area (Å²) < 4.78 is 12.5. The number of esters is 1. The summed E-state index contributed by atoms with van der Waals surface area (Å²) in [6.07, 6.45) is 1.61. The summed E-state index contributed by atoms with van der Waals surface area (Å²) in [6, 6.07) is 13.8. The molecule has 33 heavy (non-hydrogen) atoms. The minimum absolute atomic E-state index is 0.219. The van der Waals surface area contributed by atoms with Gasteiger partial charge in [-0.3, -0.25) is 9.36 Å². The Balaban J connectivity index is 1.87. The first-order valence-corrected chi connectivity index (χ1v) is 11.5. The highest BCUT2D eigenvalue weighted by molar-refractivity contribution is 7.07. The van der Waals surface area contributed by atoms with Crippen molar-refractivity contribution in [2.45, 2.75) is 19.9 Å². The number of nitrogens with one attached hydrogen (secondary N) is 1. The second-order valence-electron chi connectivity index (χ2n) is 7.20. The van der Waals surface area contributed by atoms with Crippen LogP contribution in [0.15, 0.2) is 69.6 Å². The maximum Gasteiger partial charge on any atom is 0.338 e. The van der Waals surface area contributed by atoms with E-state index in [0.717, 1.165) is 5.56 Å². The molecule has 1 aromatic heterocycles. The van der Waals surface area contributed by atoms with Gasteiger partial charge in [-0.15, -0.1) is 0 Å². The molecule has 0 radical (unpaired) electrons. The number of carbonyl (C=O) groups excluding carboxylic acids is 1. The number of methoxy groups -OCH3 is 1. The zero-order valence-corrected chi connectivity index (χ0v) is 19.9. The first-order valence-electron chi connectivity index (χ1n) is 10.3. The number of para-hydroxylation sites is 1. The van der Waals surface area contributed by atoms with Gasteiger partial charge in [0.25, 0.3) is 5.56 Å². The highest BCUT2D eigenvalue weighted by Crippen LogP contribution is 2.31. The van der Waals surface area contributed by atoms with E-state index in [1.54, 1.807) is 45.4 Å². The van der Waals surface area contributed by atoms with Gasteiger partial charge >= 0.3 is 5.97 Å². The minimum Gasteiger partial charge on any atom is -0.497 e. The van der Waals surface area contributed by atoms with Crippen LogP contribution in [0.2, 0.25) is 5.02 Å². The second kappa shape index (κ2) is 9.64. The van der Waals surface area contributed by atoms with Crippen molar-refractivity contribution in [1.29, 1.82) is 0 Å². The lowest BCUT2D eigenvalue weighted by Crippen LogP contribution is -2.40. The number of carbonyl (C=O) groups is 1. The summed E-state index contributed by atoms with van der Waals surface area (Å²) in [7, 11) is 1.58. The van der Waals surface area contributed by atoms with Gasteiger partial charge in [-0.2, -0.15) is 0 Å². The number of allylic oxidation sites excluding steroid dienone is 1. The van der Waals surface area contributed by atoms with Gasteiger partial charge in [-0.1, -0.05) is 47.2 Å². The topological polar surface area (TPSA) is 81.9 Å². The summed E-state index contributed by atoms with van der Waals surface area (Å²) in [5.41, 5.74) is 2.01. The number of rotatable bonds is 6. The minimum atomic E-state index is -0.673. The summed E-state index contributed by atoms with van der Waals surface area (Å²) in [4.78, 5) is 31.4. The second-order valence-corrected chi connectivity index (χ2v) is 8.62. The van der Waals surface area contributed by atoms with Gasteiger partial charge in [0.1, 0.15) is 10.3 Å². The van der Waals surface area contributed by atoms with Crippen molar-refractivity contribution in [3.63, 3.8) is 0 Å². The Labute approximate surface area is 199 Å². The van der Waals surface area contributed by atoms with Gasteiger partial charge in [0, 0.05) is 6.20 Å². The van der Waals surface area contributed by atoms with Crippen LogP contribution in [0.4, 0.5) is 5.69 Å². The molecular weight excluding hydrogens is 462 g/mol. The molecule has 0 fully saturated rings. The Morgan fingerprint density at radius 1 is 1.24 bits per heavy atom. The number of benzene rings is 2. The predicted octanol–water partition coefficient (Wildman–Crippen LogP) is 3.48. The van der Waals surface area contributed by atoms with Gasteiger partial charge in [-0.05, 0) is 43.7 Å². The lowest BCUT2D eigenvalue weighted by Gasteiger charge is -2.24. The monoisotopic (exact) mass is 483 g/mol. The van der Waals surface area contributed by atoms with Gasteiger partial charge in [0.05, 0.1) is 41.7 Å². The summed E-state index contributed by atoms with van der Waals surface area (Å²) in [5, 5.41) is 3.63. The van der Waals surface area contributed by atoms with Gasteiger partial charge in [0.2, 0.25) is 0 Å². The fraction of sp³-hybridized carbons (Fsp3) is 0.208. The number of halogens is 1. The standard InChI is InChI=1S/C24H22ClN3O4S/c1-4-32-23(30)20-14(2)27-24-28(21(20)15-9-11-16(31-3)12-10-15)22(29)19(33-24)13-26-18-8-6-5-7-17(18)25/h5-13,21,26H,4H2,1-3H3/b19-13-/t21-/m1/s1. The number of fused-ring (bicyclic) bond motifs is 1. The highest BCUT2D eigenvalue weighted by atomic mass is 35.5. The average Bonchev–Trinajstić information content (AvgIpc) is 3.12. The van der Waals surface area contributed by atoms with E-state index < -0.39 is 12.0 Å². The molecule has 2 aromatic carbocycles. The molecule has 0 aliphatic carbocycles. The molecule has 3 aromatic rings. The van der Waals surface area contributed by atoms with Crippen LogP contribution >= 0.6 is 22.9 Å². The number of anilines is 1. The van der Waals surface area contributed by atoms with Crippen molar-refractivity contribution in [3.05, 3.63) is 90.1 Å². The third-order valence-electron chi connectivity index (χ3n) is 5.18. The Kier molecular flexibility index (Phi) is 6.67. The fourth-order valence-electron chi connectivity index (χ4n) is 3.61. The molecule has 2 heterocycles. The molecule has 0 bridgehead atoms. The Morgan fingerprint density at radius 3 is 2.64 bits per heavy atom. The molecule has 4 rings (SSSR count). The third kappa shape index (κ3) is 4.44. The third-order valence-corrected chi connectivity index (χ3v) is 6.49. The van der Waals surface area contributed by atoms with Crippen molar-refractivity contribution in [2.24, 2.45) is 4.99 Å². The van der Waals surface area contributed by atoms with E-state index in [2.05, 4.69) is 10.3 Å². The van der Waals surface area contributed by atoms with Gasteiger partial charge in [-0.25, -0.2) is 9.79 Å². The molecule has 0 spiro atoms. The number of thiazole rings is 1. The molecule has 7 nitrogen and oxygen atoms in total. The molecule has 170 valence electrons. The summed E-state index contributed by atoms with van der Waals surface area (Å²) in [5.74, 6) is 0.177. The highest BCUT2D eigenvalue weighted by Gasteiger charge is 2.33. The lowest BCUT2D eigenvalue weighted by atomic mass is 9.96. The number of ether oxygens (including phenoxy) is 2.